The molecule has 114 valence electrons. The summed E-state index contributed by atoms with van der Waals surface area (Å²) in [6, 6.07) is 3.95. The van der Waals surface area contributed by atoms with E-state index in [1.165, 1.54) is 18.6 Å². The molecule has 0 heterocycles. The highest BCUT2D eigenvalue weighted by Crippen LogP contribution is 2.33. The minimum absolute atomic E-state index is 0.202. The molecule has 0 bridgehead atoms. The van der Waals surface area contributed by atoms with E-state index in [4.69, 9.17) is 0 Å². The Kier molecular flexibility index (Phi) is 4.72. The largest absolute Gasteiger partial charge is 0.377 e. The third kappa shape index (κ3) is 3.68. The molecule has 2 rings (SSSR count). The van der Waals surface area contributed by atoms with Crippen LogP contribution in [0.5, 0.6) is 0 Å². The van der Waals surface area contributed by atoms with Crippen LogP contribution in [-0.2, 0) is 0 Å². The lowest BCUT2D eigenvalue weighted by molar-refractivity contribution is -0.393. The summed E-state index contributed by atoms with van der Waals surface area (Å²) in [7, 11) is 0. The number of nitro groups is 2. The van der Waals surface area contributed by atoms with Gasteiger partial charge < -0.3 is 5.32 Å². The van der Waals surface area contributed by atoms with Crippen molar-refractivity contribution in [3.8, 4) is 0 Å². The van der Waals surface area contributed by atoms with E-state index in [2.05, 4.69) is 12.2 Å². The van der Waals surface area contributed by atoms with Crippen molar-refractivity contribution in [1.82, 2.24) is 0 Å². The average Bonchev–Trinajstić information content (AvgIpc) is 2.48. The SMILES string of the molecule is CCC1CCC(Nc2ccc([N+](=O)[O-])cc2[N+](=O)[O-])CC1. The number of hydrogen-bond donors (Lipinski definition) is 1. The molecule has 1 N–H and O–H groups in total. The Morgan fingerprint density at radius 3 is 2.33 bits per heavy atom. The molecule has 0 unspecified atom stereocenters. The first kappa shape index (κ1) is 15.2. The summed E-state index contributed by atoms with van der Waals surface area (Å²) in [4.78, 5) is 20.6. The number of benzene rings is 1. The summed E-state index contributed by atoms with van der Waals surface area (Å²) in [5.41, 5.74) is -0.130. The highest BCUT2D eigenvalue weighted by molar-refractivity contribution is 5.65. The second-order valence-corrected chi connectivity index (χ2v) is 5.49. The van der Waals surface area contributed by atoms with Crippen LogP contribution in [0.2, 0.25) is 0 Å². The Morgan fingerprint density at radius 2 is 1.81 bits per heavy atom. The minimum Gasteiger partial charge on any atom is -0.377 e. The zero-order chi connectivity index (χ0) is 15.4. The van der Waals surface area contributed by atoms with Gasteiger partial charge >= 0.3 is 0 Å². The first-order chi connectivity index (χ1) is 10.0. The fourth-order valence-corrected chi connectivity index (χ4v) is 2.84. The lowest BCUT2D eigenvalue weighted by Crippen LogP contribution is -2.26. The first-order valence-electron chi connectivity index (χ1n) is 7.20. The molecule has 7 heteroatoms. The monoisotopic (exact) mass is 293 g/mol. The van der Waals surface area contributed by atoms with Crippen molar-refractivity contribution in [2.75, 3.05) is 5.32 Å². The number of rotatable bonds is 5. The van der Waals surface area contributed by atoms with Gasteiger partial charge in [-0.15, -0.1) is 0 Å². The van der Waals surface area contributed by atoms with Gasteiger partial charge in [-0.05, 0) is 37.7 Å². The van der Waals surface area contributed by atoms with E-state index in [0.717, 1.165) is 37.7 Å². The summed E-state index contributed by atoms with van der Waals surface area (Å²) in [5, 5.41) is 25.0. The third-order valence-electron chi connectivity index (χ3n) is 4.17. The number of nitrogens with one attached hydrogen (secondary N) is 1. The molecule has 7 nitrogen and oxygen atoms in total. The average molecular weight is 293 g/mol. The van der Waals surface area contributed by atoms with Crippen molar-refractivity contribution in [2.24, 2.45) is 5.92 Å². The predicted octanol–water partition coefficient (Wildman–Crippen LogP) is 3.88. The predicted molar refractivity (Wildman–Crippen MR) is 79.4 cm³/mol. The smallest absolute Gasteiger partial charge is 0.299 e. The van der Waals surface area contributed by atoms with E-state index < -0.39 is 9.85 Å². The van der Waals surface area contributed by atoms with Crippen LogP contribution in [-0.4, -0.2) is 15.9 Å². The van der Waals surface area contributed by atoms with Crippen molar-refractivity contribution in [1.29, 1.82) is 0 Å². The molecule has 1 saturated carbocycles. The maximum absolute atomic E-state index is 11.1. The van der Waals surface area contributed by atoms with E-state index >= 15 is 0 Å². The lowest BCUT2D eigenvalue weighted by Gasteiger charge is -2.28. The fraction of sp³-hybridized carbons (Fsp3) is 0.571. The molecular formula is C14H19N3O4. The van der Waals surface area contributed by atoms with E-state index in [-0.39, 0.29) is 17.4 Å². The molecule has 0 spiro atoms. The molecule has 0 amide bonds. The van der Waals surface area contributed by atoms with Crippen LogP contribution in [0.15, 0.2) is 18.2 Å². The normalized spacial score (nSPS) is 21.8. The third-order valence-corrected chi connectivity index (χ3v) is 4.17. The molecule has 1 aromatic carbocycles. The molecule has 0 saturated heterocycles. The summed E-state index contributed by atoms with van der Waals surface area (Å²) in [6.45, 7) is 2.18. The molecule has 1 aromatic rings. The molecule has 0 aliphatic heterocycles. The summed E-state index contributed by atoms with van der Waals surface area (Å²) in [5.74, 6) is 0.745. The van der Waals surface area contributed by atoms with Gasteiger partial charge in [0.2, 0.25) is 0 Å². The van der Waals surface area contributed by atoms with Crippen molar-refractivity contribution in [3.63, 3.8) is 0 Å². The van der Waals surface area contributed by atoms with Crippen LogP contribution in [0.3, 0.4) is 0 Å². The van der Waals surface area contributed by atoms with Gasteiger partial charge in [0.1, 0.15) is 5.69 Å². The molecule has 1 aliphatic rings. The maximum atomic E-state index is 11.1. The van der Waals surface area contributed by atoms with Gasteiger partial charge in [0.25, 0.3) is 11.4 Å². The molecule has 1 aliphatic carbocycles. The number of nitrogens with zero attached hydrogens (tertiary/aromatic N) is 2. The van der Waals surface area contributed by atoms with Gasteiger partial charge in [0, 0.05) is 12.1 Å². The van der Waals surface area contributed by atoms with Gasteiger partial charge in [-0.2, -0.15) is 0 Å². The highest BCUT2D eigenvalue weighted by atomic mass is 16.6. The van der Waals surface area contributed by atoms with Crippen LogP contribution in [0, 0.1) is 26.1 Å². The Hall–Kier alpha value is -2.18. The highest BCUT2D eigenvalue weighted by Gasteiger charge is 2.24. The van der Waals surface area contributed by atoms with Gasteiger partial charge in [-0.25, -0.2) is 0 Å². The van der Waals surface area contributed by atoms with Crippen molar-refractivity contribution in [2.45, 2.75) is 45.1 Å². The van der Waals surface area contributed by atoms with Crippen LogP contribution < -0.4 is 5.32 Å². The van der Waals surface area contributed by atoms with Crippen molar-refractivity contribution in [3.05, 3.63) is 38.4 Å². The fourth-order valence-electron chi connectivity index (χ4n) is 2.84. The Labute approximate surface area is 122 Å². The molecule has 21 heavy (non-hydrogen) atoms. The summed E-state index contributed by atoms with van der Waals surface area (Å²) < 4.78 is 0. The molecule has 0 atom stereocenters. The van der Waals surface area contributed by atoms with Gasteiger partial charge in [0.15, 0.2) is 0 Å². The number of anilines is 1. The molecule has 1 fully saturated rings. The van der Waals surface area contributed by atoms with E-state index in [1.54, 1.807) is 0 Å². The standard InChI is InChI=1S/C14H19N3O4/c1-2-10-3-5-11(6-4-10)15-13-8-7-12(16(18)19)9-14(13)17(20)21/h7-11,15H,2-6H2,1H3. The Bertz CT molecular complexity index is 539. The summed E-state index contributed by atoms with van der Waals surface area (Å²) >= 11 is 0. The van der Waals surface area contributed by atoms with Crippen molar-refractivity contribution >= 4 is 17.1 Å². The van der Waals surface area contributed by atoms with Gasteiger partial charge in [-0.1, -0.05) is 13.3 Å². The molecule has 0 radical (unpaired) electrons. The Morgan fingerprint density at radius 1 is 1.14 bits per heavy atom. The van der Waals surface area contributed by atoms with Crippen molar-refractivity contribution < 1.29 is 9.85 Å². The van der Waals surface area contributed by atoms with E-state index in [9.17, 15) is 20.2 Å². The number of nitro benzene ring substituents is 2. The first-order valence-corrected chi connectivity index (χ1v) is 7.20. The van der Waals surface area contributed by atoms with Gasteiger partial charge in [0.05, 0.1) is 15.9 Å². The quantitative estimate of drug-likeness (QED) is 0.656. The number of non-ortho nitro benzene ring substituents is 1. The van der Waals surface area contributed by atoms with E-state index in [0.29, 0.717) is 5.69 Å². The maximum Gasteiger partial charge on any atom is 0.299 e. The summed E-state index contributed by atoms with van der Waals surface area (Å²) in [6.07, 6.45) is 5.37. The van der Waals surface area contributed by atoms with E-state index in [1.807, 2.05) is 0 Å². The number of hydrogen-bond acceptors (Lipinski definition) is 5. The van der Waals surface area contributed by atoms with Gasteiger partial charge in [-0.3, -0.25) is 20.2 Å². The van der Waals surface area contributed by atoms with Crippen LogP contribution in [0.25, 0.3) is 0 Å². The van der Waals surface area contributed by atoms with Crippen LogP contribution in [0.1, 0.15) is 39.0 Å². The lowest BCUT2D eigenvalue weighted by atomic mass is 9.84. The topological polar surface area (TPSA) is 98.3 Å². The zero-order valence-electron chi connectivity index (χ0n) is 11.9. The second-order valence-electron chi connectivity index (χ2n) is 5.49. The minimum atomic E-state index is -0.622. The molecule has 0 aromatic heterocycles. The molecular weight excluding hydrogens is 274 g/mol. The Balaban J connectivity index is 2.13. The van der Waals surface area contributed by atoms with Crippen LogP contribution in [0.4, 0.5) is 17.1 Å². The van der Waals surface area contributed by atoms with Crippen LogP contribution >= 0.6 is 0 Å². The second kappa shape index (κ2) is 6.51. The zero-order valence-corrected chi connectivity index (χ0v) is 11.9.